The Hall–Kier alpha value is 0.0249. The zero-order valence-corrected chi connectivity index (χ0v) is 5.76. The third-order valence-electron chi connectivity index (χ3n) is 2.62. The van der Waals surface area contributed by atoms with Crippen LogP contribution in [0.1, 0.15) is 26.2 Å². The zero-order valence-electron chi connectivity index (χ0n) is 5.76. The molecule has 1 saturated carbocycles. The van der Waals surface area contributed by atoms with E-state index in [1.807, 2.05) is 0 Å². The average Bonchev–Trinajstić information content (AvgIpc) is 2.20. The molecule has 1 saturated heterocycles. The number of rotatable bonds is 0. The lowest BCUT2D eigenvalue weighted by atomic mass is 9.87. The van der Waals surface area contributed by atoms with Crippen LogP contribution in [0.15, 0.2) is 0 Å². The molecule has 3 atom stereocenters. The molecule has 2 radical (unpaired) electrons. The maximum atomic E-state index is 5.68. The molecule has 1 heterocycles. The first-order chi connectivity index (χ1) is 4.20. The van der Waals surface area contributed by atoms with Crippen LogP contribution in [-0.4, -0.2) is 19.5 Å². The highest BCUT2D eigenvalue weighted by Crippen LogP contribution is 2.46. The summed E-state index contributed by atoms with van der Waals surface area (Å²) in [6, 6.07) is 0.0451. The van der Waals surface area contributed by atoms with Gasteiger partial charge in [0, 0.05) is 6.00 Å². The molecule has 1 nitrogen and oxygen atoms in total. The van der Waals surface area contributed by atoms with Crippen molar-refractivity contribution in [3.05, 3.63) is 0 Å². The predicted molar refractivity (Wildman–Crippen MR) is 36.4 cm³/mol. The first-order valence-electron chi connectivity index (χ1n) is 3.63. The minimum absolute atomic E-state index is 0.0451. The summed E-state index contributed by atoms with van der Waals surface area (Å²) in [4.78, 5) is 0. The highest BCUT2D eigenvalue weighted by Gasteiger charge is 2.46. The summed E-state index contributed by atoms with van der Waals surface area (Å²) in [6.07, 6.45) is 3.68. The highest BCUT2D eigenvalue weighted by atomic mass is 16.5. The van der Waals surface area contributed by atoms with Crippen LogP contribution in [0.2, 0.25) is 0 Å². The second-order valence-corrected chi connectivity index (χ2v) is 3.54. The average molecular weight is 122 g/mol. The van der Waals surface area contributed by atoms with Gasteiger partial charge in [0.05, 0.1) is 5.60 Å². The molecule has 2 fully saturated rings. The van der Waals surface area contributed by atoms with E-state index in [1.54, 1.807) is 0 Å². The zero-order chi connectivity index (χ0) is 6.48. The SMILES string of the molecule is [B]C1OC2(C)CC[C@H]1C2. The molecule has 0 aromatic rings. The molecule has 0 spiro atoms. The van der Waals surface area contributed by atoms with Crippen molar-refractivity contribution in [1.29, 1.82) is 0 Å². The predicted octanol–water partition coefficient (Wildman–Crippen LogP) is 1.07. The molecular weight excluding hydrogens is 111 g/mol. The molecule has 2 heteroatoms. The lowest BCUT2D eigenvalue weighted by Crippen LogP contribution is -2.27. The molecule has 2 unspecified atom stereocenters. The molecule has 0 aromatic carbocycles. The van der Waals surface area contributed by atoms with Crippen molar-refractivity contribution in [2.75, 3.05) is 0 Å². The van der Waals surface area contributed by atoms with E-state index in [2.05, 4.69) is 6.92 Å². The topological polar surface area (TPSA) is 9.23 Å². The van der Waals surface area contributed by atoms with Crippen molar-refractivity contribution in [3.8, 4) is 0 Å². The van der Waals surface area contributed by atoms with Crippen molar-refractivity contribution in [1.82, 2.24) is 0 Å². The molecule has 0 N–H and O–H groups in total. The quantitative estimate of drug-likeness (QED) is 0.436. The van der Waals surface area contributed by atoms with E-state index in [9.17, 15) is 0 Å². The van der Waals surface area contributed by atoms with E-state index in [4.69, 9.17) is 12.6 Å². The molecule has 2 rings (SSSR count). The Morgan fingerprint density at radius 2 is 2.44 bits per heavy atom. The lowest BCUT2D eigenvalue weighted by Gasteiger charge is -2.25. The molecule has 0 amide bonds. The van der Waals surface area contributed by atoms with Gasteiger partial charge in [-0.3, -0.25) is 0 Å². The lowest BCUT2D eigenvalue weighted by molar-refractivity contribution is -0.0225. The monoisotopic (exact) mass is 122 g/mol. The van der Waals surface area contributed by atoms with Gasteiger partial charge in [-0.25, -0.2) is 0 Å². The molecule has 1 aliphatic carbocycles. The van der Waals surface area contributed by atoms with Crippen molar-refractivity contribution in [3.63, 3.8) is 0 Å². The smallest absolute Gasteiger partial charge is 0.109 e. The molecule has 1 aliphatic heterocycles. The van der Waals surface area contributed by atoms with Gasteiger partial charge in [0.25, 0.3) is 0 Å². The third kappa shape index (κ3) is 0.726. The second-order valence-electron chi connectivity index (χ2n) is 3.54. The van der Waals surface area contributed by atoms with Gasteiger partial charge in [-0.1, -0.05) is 0 Å². The van der Waals surface area contributed by atoms with Crippen molar-refractivity contribution < 1.29 is 4.74 Å². The van der Waals surface area contributed by atoms with Crippen LogP contribution in [0, 0.1) is 5.92 Å². The number of fused-ring (bicyclic) bond motifs is 2. The first kappa shape index (κ1) is 5.78. The van der Waals surface area contributed by atoms with Gasteiger partial charge in [-0.15, -0.1) is 0 Å². The normalized spacial score (nSPS) is 56.6. The summed E-state index contributed by atoms with van der Waals surface area (Å²) in [5.41, 5.74) is 0.157. The number of ether oxygens (including phenoxy) is 1. The Labute approximate surface area is 57.2 Å². The van der Waals surface area contributed by atoms with E-state index in [-0.39, 0.29) is 11.6 Å². The van der Waals surface area contributed by atoms with Gasteiger partial charge < -0.3 is 4.74 Å². The van der Waals surface area contributed by atoms with E-state index in [0.29, 0.717) is 5.92 Å². The van der Waals surface area contributed by atoms with Gasteiger partial charge in [-0.2, -0.15) is 0 Å². The summed E-state index contributed by atoms with van der Waals surface area (Å²) >= 11 is 0. The molecule has 2 aliphatic rings. The van der Waals surface area contributed by atoms with Crippen LogP contribution < -0.4 is 0 Å². The Morgan fingerprint density at radius 1 is 1.67 bits per heavy atom. The second kappa shape index (κ2) is 1.54. The van der Waals surface area contributed by atoms with Crippen LogP contribution >= 0.6 is 0 Å². The van der Waals surface area contributed by atoms with E-state index in [0.717, 1.165) is 0 Å². The maximum absolute atomic E-state index is 5.68. The Kier molecular flexibility index (Phi) is 0.991. The fourth-order valence-electron chi connectivity index (χ4n) is 2.06. The summed E-state index contributed by atoms with van der Waals surface area (Å²) in [5, 5.41) is 0. The number of hydrogen-bond acceptors (Lipinski definition) is 1. The van der Waals surface area contributed by atoms with E-state index < -0.39 is 0 Å². The Morgan fingerprint density at radius 3 is 2.67 bits per heavy atom. The molecule has 48 valence electrons. The summed E-state index contributed by atoms with van der Waals surface area (Å²) in [6.45, 7) is 2.17. The van der Waals surface area contributed by atoms with Crippen molar-refractivity contribution in [2.45, 2.75) is 37.8 Å². The fraction of sp³-hybridized carbons (Fsp3) is 1.00. The van der Waals surface area contributed by atoms with Crippen molar-refractivity contribution >= 4 is 7.85 Å². The summed E-state index contributed by atoms with van der Waals surface area (Å²) in [7, 11) is 5.68. The summed E-state index contributed by atoms with van der Waals surface area (Å²) in [5.74, 6) is 0.662. The Bertz CT molecular complexity index is 133. The molecule has 0 aromatic heterocycles. The minimum Gasteiger partial charge on any atom is -0.382 e. The van der Waals surface area contributed by atoms with E-state index in [1.165, 1.54) is 19.3 Å². The minimum atomic E-state index is 0.0451. The van der Waals surface area contributed by atoms with Crippen LogP contribution in [0.3, 0.4) is 0 Å². The first-order valence-corrected chi connectivity index (χ1v) is 3.63. The largest absolute Gasteiger partial charge is 0.382 e. The van der Waals surface area contributed by atoms with Crippen LogP contribution in [0.25, 0.3) is 0 Å². The highest BCUT2D eigenvalue weighted by molar-refractivity contribution is 6.11. The molecule has 9 heavy (non-hydrogen) atoms. The maximum Gasteiger partial charge on any atom is 0.109 e. The molecular formula is C7H11BO. The van der Waals surface area contributed by atoms with Gasteiger partial charge in [0.1, 0.15) is 7.85 Å². The van der Waals surface area contributed by atoms with Gasteiger partial charge >= 0.3 is 0 Å². The van der Waals surface area contributed by atoms with Crippen LogP contribution in [0.5, 0.6) is 0 Å². The molecule has 2 bridgehead atoms. The van der Waals surface area contributed by atoms with E-state index >= 15 is 0 Å². The van der Waals surface area contributed by atoms with Crippen LogP contribution in [-0.2, 0) is 4.74 Å². The Balaban J connectivity index is 2.19. The van der Waals surface area contributed by atoms with Gasteiger partial charge in [-0.05, 0) is 32.1 Å². The third-order valence-corrected chi connectivity index (χ3v) is 2.62. The van der Waals surface area contributed by atoms with Gasteiger partial charge in [0.2, 0.25) is 0 Å². The standard InChI is InChI=1S/C7H11BO/c1-7-3-2-5(4-7)6(8)9-7/h5-6H,2-4H2,1H3/t5-,6?,7?/m0/s1. The summed E-state index contributed by atoms with van der Waals surface area (Å²) < 4.78 is 5.53. The fourth-order valence-corrected chi connectivity index (χ4v) is 2.06. The number of hydrogen-bond donors (Lipinski definition) is 0. The van der Waals surface area contributed by atoms with Crippen molar-refractivity contribution in [2.24, 2.45) is 5.92 Å². The van der Waals surface area contributed by atoms with Crippen LogP contribution in [0.4, 0.5) is 0 Å². The van der Waals surface area contributed by atoms with Gasteiger partial charge in [0.15, 0.2) is 0 Å².